The molecule has 1 aromatic rings. The van der Waals surface area contributed by atoms with Crippen LogP contribution in [-0.4, -0.2) is 42.6 Å². The standard InChI is InChI=1S/C12H17ClN2O2/c1-4-15(5-6-17-3)12(16)10-7-9(2)14-11(13)8-10/h7-8H,4-6H2,1-3H3. The molecule has 0 saturated heterocycles. The summed E-state index contributed by atoms with van der Waals surface area (Å²) >= 11 is 5.84. The van der Waals surface area contributed by atoms with E-state index < -0.39 is 0 Å². The van der Waals surface area contributed by atoms with E-state index in [9.17, 15) is 4.79 Å². The van der Waals surface area contributed by atoms with Crippen molar-refractivity contribution in [1.29, 1.82) is 0 Å². The van der Waals surface area contributed by atoms with Gasteiger partial charge in [0, 0.05) is 31.5 Å². The van der Waals surface area contributed by atoms with Gasteiger partial charge < -0.3 is 9.64 Å². The molecule has 1 amide bonds. The first-order valence-electron chi connectivity index (χ1n) is 5.51. The maximum absolute atomic E-state index is 12.2. The van der Waals surface area contributed by atoms with Gasteiger partial charge in [0.2, 0.25) is 0 Å². The van der Waals surface area contributed by atoms with Crippen molar-refractivity contribution in [3.8, 4) is 0 Å². The minimum atomic E-state index is -0.0445. The summed E-state index contributed by atoms with van der Waals surface area (Å²) in [5, 5.41) is 0.344. The van der Waals surface area contributed by atoms with Crippen molar-refractivity contribution in [3.63, 3.8) is 0 Å². The first-order chi connectivity index (χ1) is 8.08. The topological polar surface area (TPSA) is 42.4 Å². The summed E-state index contributed by atoms with van der Waals surface area (Å²) in [6.45, 7) is 5.49. The largest absolute Gasteiger partial charge is 0.383 e. The molecule has 94 valence electrons. The second-order valence-corrected chi connectivity index (χ2v) is 4.08. The third-order valence-electron chi connectivity index (χ3n) is 2.40. The highest BCUT2D eigenvalue weighted by Gasteiger charge is 2.14. The lowest BCUT2D eigenvalue weighted by Gasteiger charge is -2.20. The van der Waals surface area contributed by atoms with Crippen LogP contribution in [0.25, 0.3) is 0 Å². The molecule has 0 aliphatic rings. The van der Waals surface area contributed by atoms with Gasteiger partial charge in [-0.2, -0.15) is 0 Å². The van der Waals surface area contributed by atoms with Crippen LogP contribution >= 0.6 is 11.6 Å². The fourth-order valence-electron chi connectivity index (χ4n) is 1.54. The Hall–Kier alpha value is -1.13. The van der Waals surface area contributed by atoms with Gasteiger partial charge >= 0.3 is 0 Å². The van der Waals surface area contributed by atoms with Crippen molar-refractivity contribution in [2.45, 2.75) is 13.8 Å². The predicted octanol–water partition coefficient (Wildman–Crippen LogP) is 2.15. The fraction of sp³-hybridized carbons (Fsp3) is 0.500. The lowest BCUT2D eigenvalue weighted by molar-refractivity contribution is 0.0706. The highest BCUT2D eigenvalue weighted by atomic mass is 35.5. The molecule has 1 aromatic heterocycles. The van der Waals surface area contributed by atoms with Gasteiger partial charge in [0.25, 0.3) is 5.91 Å². The van der Waals surface area contributed by atoms with Gasteiger partial charge in [-0.25, -0.2) is 4.98 Å². The number of hydrogen-bond donors (Lipinski definition) is 0. The summed E-state index contributed by atoms with van der Waals surface area (Å²) in [6, 6.07) is 3.33. The average molecular weight is 257 g/mol. The molecule has 0 aromatic carbocycles. The van der Waals surface area contributed by atoms with Crippen LogP contribution in [0.1, 0.15) is 23.0 Å². The Morgan fingerprint density at radius 2 is 2.24 bits per heavy atom. The zero-order valence-corrected chi connectivity index (χ0v) is 11.1. The first kappa shape index (κ1) is 13.9. The molecule has 0 radical (unpaired) electrons. The summed E-state index contributed by atoms with van der Waals surface area (Å²) in [6.07, 6.45) is 0. The lowest BCUT2D eigenvalue weighted by atomic mass is 10.2. The minimum Gasteiger partial charge on any atom is -0.383 e. The van der Waals surface area contributed by atoms with E-state index in [2.05, 4.69) is 4.98 Å². The van der Waals surface area contributed by atoms with Gasteiger partial charge in [-0.15, -0.1) is 0 Å². The number of methoxy groups -OCH3 is 1. The highest BCUT2D eigenvalue weighted by molar-refractivity contribution is 6.29. The van der Waals surface area contributed by atoms with E-state index in [1.54, 1.807) is 24.1 Å². The van der Waals surface area contributed by atoms with Crippen LogP contribution in [0.3, 0.4) is 0 Å². The summed E-state index contributed by atoms with van der Waals surface area (Å²) in [4.78, 5) is 17.9. The number of nitrogens with zero attached hydrogens (tertiary/aromatic N) is 2. The van der Waals surface area contributed by atoms with Gasteiger partial charge in [-0.1, -0.05) is 11.6 Å². The van der Waals surface area contributed by atoms with Crippen LogP contribution in [0.5, 0.6) is 0 Å². The molecular weight excluding hydrogens is 240 g/mol. The monoisotopic (exact) mass is 256 g/mol. The number of halogens is 1. The molecule has 0 bridgehead atoms. The number of aromatic nitrogens is 1. The molecule has 0 aliphatic heterocycles. The molecular formula is C12H17ClN2O2. The number of pyridine rings is 1. The third kappa shape index (κ3) is 3.98. The van der Waals surface area contributed by atoms with Crippen LogP contribution in [0.2, 0.25) is 5.15 Å². The Bertz CT molecular complexity index is 376. The number of amides is 1. The Kier molecular flexibility index (Phi) is 5.38. The van der Waals surface area contributed by atoms with Crippen molar-refractivity contribution in [2.24, 2.45) is 0 Å². The molecule has 0 fully saturated rings. The summed E-state index contributed by atoms with van der Waals surface area (Å²) in [7, 11) is 1.62. The van der Waals surface area contributed by atoms with E-state index >= 15 is 0 Å². The molecule has 0 saturated carbocycles. The minimum absolute atomic E-state index is 0.0445. The molecule has 5 heteroatoms. The van der Waals surface area contributed by atoms with Crippen LogP contribution in [0, 0.1) is 6.92 Å². The van der Waals surface area contributed by atoms with Gasteiger partial charge in [0.05, 0.1) is 6.61 Å². The van der Waals surface area contributed by atoms with Gasteiger partial charge in [-0.3, -0.25) is 4.79 Å². The number of carbonyl (C=O) groups is 1. The SMILES string of the molecule is CCN(CCOC)C(=O)c1cc(C)nc(Cl)c1. The summed E-state index contributed by atoms with van der Waals surface area (Å²) < 4.78 is 4.98. The molecule has 17 heavy (non-hydrogen) atoms. The Morgan fingerprint density at radius 1 is 1.53 bits per heavy atom. The van der Waals surface area contributed by atoms with E-state index in [-0.39, 0.29) is 5.91 Å². The summed E-state index contributed by atoms with van der Waals surface area (Å²) in [5.74, 6) is -0.0445. The van der Waals surface area contributed by atoms with Crippen molar-refractivity contribution in [2.75, 3.05) is 26.8 Å². The number of likely N-dealkylation sites (N-methyl/N-ethyl adjacent to an activating group) is 1. The second-order valence-electron chi connectivity index (χ2n) is 3.70. The Morgan fingerprint density at radius 3 is 2.76 bits per heavy atom. The normalized spacial score (nSPS) is 10.4. The van der Waals surface area contributed by atoms with Crippen LogP contribution < -0.4 is 0 Å². The highest BCUT2D eigenvalue weighted by Crippen LogP contribution is 2.12. The summed E-state index contributed by atoms with van der Waals surface area (Å²) in [5.41, 5.74) is 1.31. The fourth-order valence-corrected chi connectivity index (χ4v) is 1.79. The molecule has 1 rings (SSSR count). The Balaban J connectivity index is 2.85. The van der Waals surface area contributed by atoms with Gasteiger partial charge in [0.15, 0.2) is 0 Å². The zero-order chi connectivity index (χ0) is 12.8. The smallest absolute Gasteiger partial charge is 0.254 e. The third-order valence-corrected chi connectivity index (χ3v) is 2.60. The van der Waals surface area contributed by atoms with Crippen molar-refractivity contribution >= 4 is 17.5 Å². The van der Waals surface area contributed by atoms with Crippen LogP contribution in [0.15, 0.2) is 12.1 Å². The number of carbonyl (C=O) groups excluding carboxylic acids is 1. The van der Waals surface area contributed by atoms with Crippen molar-refractivity contribution in [3.05, 3.63) is 28.5 Å². The molecule has 0 N–H and O–H groups in total. The number of rotatable bonds is 5. The molecule has 0 aliphatic carbocycles. The van der Waals surface area contributed by atoms with E-state index in [1.807, 2.05) is 13.8 Å². The second kappa shape index (κ2) is 6.57. The first-order valence-corrected chi connectivity index (χ1v) is 5.88. The van der Waals surface area contributed by atoms with Crippen LogP contribution in [0.4, 0.5) is 0 Å². The van der Waals surface area contributed by atoms with E-state index in [4.69, 9.17) is 16.3 Å². The predicted molar refractivity (Wildman–Crippen MR) is 67.4 cm³/mol. The average Bonchev–Trinajstić information content (AvgIpc) is 2.28. The van der Waals surface area contributed by atoms with E-state index in [0.29, 0.717) is 30.4 Å². The number of aryl methyl sites for hydroxylation is 1. The lowest BCUT2D eigenvalue weighted by Crippen LogP contribution is -2.33. The molecule has 1 heterocycles. The molecule has 0 spiro atoms. The zero-order valence-electron chi connectivity index (χ0n) is 10.4. The van der Waals surface area contributed by atoms with Crippen molar-refractivity contribution in [1.82, 2.24) is 9.88 Å². The quantitative estimate of drug-likeness (QED) is 0.758. The molecule has 0 atom stereocenters. The molecule has 4 nitrogen and oxygen atoms in total. The molecule has 0 unspecified atom stereocenters. The van der Waals surface area contributed by atoms with E-state index in [1.165, 1.54) is 0 Å². The number of ether oxygens (including phenoxy) is 1. The van der Waals surface area contributed by atoms with Crippen LogP contribution in [-0.2, 0) is 4.74 Å². The maximum Gasteiger partial charge on any atom is 0.254 e. The number of hydrogen-bond acceptors (Lipinski definition) is 3. The maximum atomic E-state index is 12.2. The van der Waals surface area contributed by atoms with Gasteiger partial charge in [-0.05, 0) is 26.0 Å². The van der Waals surface area contributed by atoms with Gasteiger partial charge in [0.1, 0.15) is 5.15 Å². The Labute approximate surface area is 107 Å². The van der Waals surface area contributed by atoms with E-state index in [0.717, 1.165) is 5.69 Å². The van der Waals surface area contributed by atoms with Crippen molar-refractivity contribution < 1.29 is 9.53 Å².